The molecule has 0 aliphatic heterocycles. The standard InChI is InChI=1S/C16H28N2O/c1-4-14(17)16(15-11-10-12(2)19-15)18(3)13-8-6-5-7-9-13/h10-11,13-14,16H,4-9,17H2,1-3H3. The molecule has 2 rings (SSSR count). The van der Waals surface area contributed by atoms with Crippen molar-refractivity contribution in [2.24, 2.45) is 5.73 Å². The van der Waals surface area contributed by atoms with Gasteiger partial charge in [0.15, 0.2) is 0 Å². The summed E-state index contributed by atoms with van der Waals surface area (Å²) in [6, 6.07) is 5.13. The molecule has 19 heavy (non-hydrogen) atoms. The van der Waals surface area contributed by atoms with Gasteiger partial charge in [-0.1, -0.05) is 26.2 Å². The highest BCUT2D eigenvalue weighted by atomic mass is 16.3. The Hall–Kier alpha value is -0.800. The van der Waals surface area contributed by atoms with Crippen molar-refractivity contribution in [2.45, 2.75) is 70.5 Å². The summed E-state index contributed by atoms with van der Waals surface area (Å²) in [6.07, 6.45) is 7.64. The predicted molar refractivity (Wildman–Crippen MR) is 79.1 cm³/mol. The van der Waals surface area contributed by atoms with Gasteiger partial charge in [0.1, 0.15) is 11.5 Å². The van der Waals surface area contributed by atoms with Crippen LogP contribution in [0.3, 0.4) is 0 Å². The molecule has 1 aliphatic rings. The average Bonchev–Trinajstić information content (AvgIpc) is 2.86. The second kappa shape index (κ2) is 6.58. The van der Waals surface area contributed by atoms with Crippen LogP contribution in [0.1, 0.15) is 63.0 Å². The lowest BCUT2D eigenvalue weighted by molar-refractivity contribution is 0.103. The van der Waals surface area contributed by atoms with Crippen LogP contribution in [-0.4, -0.2) is 24.0 Å². The lowest BCUT2D eigenvalue weighted by Gasteiger charge is -2.38. The second-order valence-corrected chi connectivity index (χ2v) is 5.92. The molecule has 1 aliphatic carbocycles. The van der Waals surface area contributed by atoms with E-state index < -0.39 is 0 Å². The van der Waals surface area contributed by atoms with Crippen molar-refractivity contribution in [1.82, 2.24) is 4.90 Å². The first-order chi connectivity index (χ1) is 9.13. The Morgan fingerprint density at radius 3 is 2.53 bits per heavy atom. The summed E-state index contributed by atoms with van der Waals surface area (Å²) < 4.78 is 5.86. The summed E-state index contributed by atoms with van der Waals surface area (Å²) in [6.45, 7) is 4.15. The SMILES string of the molecule is CCC(N)C(c1ccc(C)o1)N(C)C1CCCCC1. The third kappa shape index (κ3) is 3.40. The molecule has 2 N–H and O–H groups in total. The van der Waals surface area contributed by atoms with Crippen molar-refractivity contribution in [2.75, 3.05) is 7.05 Å². The fourth-order valence-electron chi connectivity index (χ4n) is 3.26. The van der Waals surface area contributed by atoms with E-state index in [2.05, 4.69) is 24.9 Å². The molecular weight excluding hydrogens is 236 g/mol. The van der Waals surface area contributed by atoms with Gasteiger partial charge in [-0.05, 0) is 45.4 Å². The lowest BCUT2D eigenvalue weighted by Crippen LogP contribution is -2.44. The van der Waals surface area contributed by atoms with E-state index in [4.69, 9.17) is 10.2 Å². The van der Waals surface area contributed by atoms with Gasteiger partial charge in [0.2, 0.25) is 0 Å². The molecule has 2 atom stereocenters. The molecule has 1 saturated carbocycles. The van der Waals surface area contributed by atoms with Gasteiger partial charge in [-0.25, -0.2) is 0 Å². The van der Waals surface area contributed by atoms with Crippen LogP contribution in [0, 0.1) is 6.92 Å². The van der Waals surface area contributed by atoms with Gasteiger partial charge in [-0.3, -0.25) is 4.90 Å². The van der Waals surface area contributed by atoms with Crippen molar-refractivity contribution < 1.29 is 4.42 Å². The molecule has 108 valence electrons. The molecule has 3 nitrogen and oxygen atoms in total. The first-order valence-electron chi connectivity index (χ1n) is 7.67. The number of hydrogen-bond donors (Lipinski definition) is 1. The van der Waals surface area contributed by atoms with Crippen LogP contribution in [0.5, 0.6) is 0 Å². The molecule has 0 radical (unpaired) electrons. The number of rotatable bonds is 5. The Morgan fingerprint density at radius 2 is 2.00 bits per heavy atom. The van der Waals surface area contributed by atoms with Crippen LogP contribution < -0.4 is 5.73 Å². The summed E-state index contributed by atoms with van der Waals surface area (Å²) in [5, 5.41) is 0. The number of nitrogens with two attached hydrogens (primary N) is 1. The highest BCUT2D eigenvalue weighted by Crippen LogP contribution is 2.32. The maximum Gasteiger partial charge on any atom is 0.122 e. The van der Waals surface area contributed by atoms with Gasteiger partial charge in [-0.15, -0.1) is 0 Å². The quantitative estimate of drug-likeness (QED) is 0.883. The molecule has 0 spiro atoms. The Labute approximate surface area is 117 Å². The minimum Gasteiger partial charge on any atom is -0.465 e. The molecule has 3 heteroatoms. The van der Waals surface area contributed by atoms with Crippen LogP contribution in [0.4, 0.5) is 0 Å². The number of furan rings is 1. The molecule has 1 heterocycles. The van der Waals surface area contributed by atoms with Crippen molar-refractivity contribution in [1.29, 1.82) is 0 Å². The minimum absolute atomic E-state index is 0.137. The molecule has 2 unspecified atom stereocenters. The highest BCUT2D eigenvalue weighted by Gasteiger charge is 2.31. The van der Waals surface area contributed by atoms with Crippen LogP contribution in [-0.2, 0) is 0 Å². The highest BCUT2D eigenvalue weighted by molar-refractivity contribution is 5.12. The molecule has 1 fully saturated rings. The van der Waals surface area contributed by atoms with Crippen LogP contribution in [0.2, 0.25) is 0 Å². The number of hydrogen-bond acceptors (Lipinski definition) is 3. The van der Waals surface area contributed by atoms with Crippen LogP contribution in [0.25, 0.3) is 0 Å². The van der Waals surface area contributed by atoms with Crippen molar-refractivity contribution >= 4 is 0 Å². The molecule has 0 aromatic carbocycles. The Bertz CT molecular complexity index is 382. The topological polar surface area (TPSA) is 42.4 Å². The van der Waals surface area contributed by atoms with Gasteiger partial charge in [0.05, 0.1) is 6.04 Å². The Balaban J connectivity index is 2.16. The maximum absolute atomic E-state index is 6.36. The first-order valence-corrected chi connectivity index (χ1v) is 7.67. The third-order valence-electron chi connectivity index (χ3n) is 4.52. The van der Waals surface area contributed by atoms with Crippen molar-refractivity contribution in [3.8, 4) is 0 Å². The van der Waals surface area contributed by atoms with Gasteiger partial charge in [0, 0.05) is 12.1 Å². The third-order valence-corrected chi connectivity index (χ3v) is 4.52. The van der Waals surface area contributed by atoms with E-state index in [1.165, 1.54) is 32.1 Å². The van der Waals surface area contributed by atoms with E-state index >= 15 is 0 Å². The Kier molecular flexibility index (Phi) is 5.06. The molecule has 0 bridgehead atoms. The molecule has 0 saturated heterocycles. The largest absolute Gasteiger partial charge is 0.465 e. The van der Waals surface area contributed by atoms with Gasteiger partial charge >= 0.3 is 0 Å². The molecular formula is C16H28N2O. The normalized spacial score (nSPS) is 20.7. The maximum atomic E-state index is 6.36. The van der Waals surface area contributed by atoms with E-state index in [1.54, 1.807) is 0 Å². The van der Waals surface area contributed by atoms with Crippen molar-refractivity contribution in [3.05, 3.63) is 23.7 Å². The summed E-state index contributed by atoms with van der Waals surface area (Å²) in [5.41, 5.74) is 6.36. The zero-order valence-corrected chi connectivity index (χ0v) is 12.6. The fourth-order valence-corrected chi connectivity index (χ4v) is 3.26. The van der Waals surface area contributed by atoms with E-state index in [-0.39, 0.29) is 12.1 Å². The predicted octanol–water partition coefficient (Wildman–Crippen LogP) is 3.63. The number of aryl methyl sites for hydroxylation is 1. The minimum atomic E-state index is 0.137. The smallest absolute Gasteiger partial charge is 0.122 e. The van der Waals surface area contributed by atoms with E-state index in [9.17, 15) is 0 Å². The average molecular weight is 264 g/mol. The van der Waals surface area contributed by atoms with Crippen LogP contribution >= 0.6 is 0 Å². The monoisotopic (exact) mass is 264 g/mol. The first kappa shape index (κ1) is 14.6. The van der Waals surface area contributed by atoms with E-state index in [0.717, 1.165) is 17.9 Å². The number of likely N-dealkylation sites (N-methyl/N-ethyl adjacent to an activating group) is 1. The van der Waals surface area contributed by atoms with Gasteiger partial charge < -0.3 is 10.2 Å². The summed E-state index contributed by atoms with van der Waals surface area (Å²) in [7, 11) is 2.22. The molecule has 1 aromatic heterocycles. The van der Waals surface area contributed by atoms with Crippen LogP contribution in [0.15, 0.2) is 16.5 Å². The number of nitrogens with zero attached hydrogens (tertiary/aromatic N) is 1. The van der Waals surface area contributed by atoms with Gasteiger partial charge in [0.25, 0.3) is 0 Å². The van der Waals surface area contributed by atoms with Gasteiger partial charge in [-0.2, -0.15) is 0 Å². The molecule has 1 aromatic rings. The zero-order valence-electron chi connectivity index (χ0n) is 12.6. The summed E-state index contributed by atoms with van der Waals surface area (Å²) in [5.74, 6) is 2.00. The second-order valence-electron chi connectivity index (χ2n) is 5.92. The fraction of sp³-hybridized carbons (Fsp3) is 0.750. The van der Waals surface area contributed by atoms with E-state index in [0.29, 0.717) is 6.04 Å². The zero-order chi connectivity index (χ0) is 13.8. The molecule has 0 amide bonds. The summed E-state index contributed by atoms with van der Waals surface area (Å²) in [4.78, 5) is 2.46. The van der Waals surface area contributed by atoms with Crippen molar-refractivity contribution in [3.63, 3.8) is 0 Å². The summed E-state index contributed by atoms with van der Waals surface area (Å²) >= 11 is 0. The van der Waals surface area contributed by atoms with E-state index in [1.807, 2.05) is 13.0 Å². The Morgan fingerprint density at radius 1 is 1.32 bits per heavy atom. The lowest BCUT2D eigenvalue weighted by atomic mass is 9.91.